The number of nitrogen functional groups attached to an aromatic ring is 1. The summed E-state index contributed by atoms with van der Waals surface area (Å²) < 4.78 is 32.3. The number of aromatic nitrogens is 1. The van der Waals surface area contributed by atoms with Crippen LogP contribution in [0.5, 0.6) is 0 Å². The van der Waals surface area contributed by atoms with Gasteiger partial charge in [0.15, 0.2) is 15.7 Å². The van der Waals surface area contributed by atoms with Crippen LogP contribution in [0, 0.1) is 0 Å². The molecule has 1 heterocycles. The lowest BCUT2D eigenvalue weighted by Gasteiger charge is -2.17. The first-order valence-electron chi connectivity index (χ1n) is 5.60. The minimum Gasteiger partial charge on any atom is -0.383 e. The van der Waals surface area contributed by atoms with Gasteiger partial charge in [0.25, 0.3) is 0 Å². The molecular weight excluding hydrogens is 274 g/mol. The second-order valence-corrected chi connectivity index (χ2v) is 6.81. The Bertz CT molecular complexity index is 479. The minimum absolute atomic E-state index is 0.0534. The van der Waals surface area contributed by atoms with Crippen LogP contribution in [-0.4, -0.2) is 38.8 Å². The molecule has 0 aliphatic heterocycles. The average Bonchev–Trinajstić information content (AvgIpc) is 2.60. The highest BCUT2D eigenvalue weighted by molar-refractivity contribution is 7.91. The molecule has 0 aliphatic rings. The van der Waals surface area contributed by atoms with Crippen molar-refractivity contribution in [3.05, 3.63) is 0 Å². The van der Waals surface area contributed by atoms with Crippen molar-refractivity contribution in [3.8, 4) is 0 Å². The van der Waals surface area contributed by atoms with E-state index in [4.69, 9.17) is 10.5 Å². The zero-order valence-electron chi connectivity index (χ0n) is 10.8. The van der Waals surface area contributed by atoms with E-state index in [-0.39, 0.29) is 16.8 Å². The second-order valence-electron chi connectivity index (χ2n) is 4.08. The summed E-state index contributed by atoms with van der Waals surface area (Å²) >= 11 is 1.06. The molecule has 6 nitrogen and oxygen atoms in total. The fraction of sp³-hybridized carbons (Fsp3) is 0.700. The molecule has 8 heteroatoms. The van der Waals surface area contributed by atoms with Crippen molar-refractivity contribution in [2.45, 2.75) is 30.7 Å². The van der Waals surface area contributed by atoms with Crippen LogP contribution in [0.1, 0.15) is 19.8 Å². The molecule has 104 valence electrons. The number of methoxy groups -OCH3 is 1. The monoisotopic (exact) mass is 293 g/mol. The van der Waals surface area contributed by atoms with Gasteiger partial charge in [0.2, 0.25) is 0 Å². The zero-order valence-corrected chi connectivity index (χ0v) is 12.4. The fourth-order valence-electron chi connectivity index (χ4n) is 1.68. The van der Waals surface area contributed by atoms with Crippen molar-refractivity contribution < 1.29 is 13.2 Å². The molecule has 0 fully saturated rings. The van der Waals surface area contributed by atoms with Crippen molar-refractivity contribution >= 4 is 32.2 Å². The molecule has 0 saturated carbocycles. The molecule has 1 unspecified atom stereocenters. The maximum Gasteiger partial charge on any atom is 0.182 e. The van der Waals surface area contributed by atoms with E-state index in [2.05, 4.69) is 16.6 Å². The van der Waals surface area contributed by atoms with E-state index in [0.717, 1.165) is 30.6 Å². The Morgan fingerprint density at radius 3 is 2.72 bits per heavy atom. The van der Waals surface area contributed by atoms with Crippen LogP contribution in [0.15, 0.2) is 4.90 Å². The predicted octanol–water partition coefficient (Wildman–Crippen LogP) is 1.36. The van der Waals surface area contributed by atoms with E-state index < -0.39 is 9.84 Å². The van der Waals surface area contributed by atoms with Gasteiger partial charge in [-0.25, -0.2) is 8.42 Å². The first kappa shape index (κ1) is 15.2. The third kappa shape index (κ3) is 3.82. The molecule has 0 saturated heterocycles. The van der Waals surface area contributed by atoms with Crippen LogP contribution in [0.3, 0.4) is 0 Å². The maximum atomic E-state index is 11.6. The highest BCUT2D eigenvalue weighted by atomic mass is 32.2. The third-order valence-corrected chi connectivity index (χ3v) is 4.46. The molecule has 0 amide bonds. The quantitative estimate of drug-likeness (QED) is 0.788. The number of ether oxygens (including phenoxy) is 1. The van der Waals surface area contributed by atoms with Gasteiger partial charge in [0, 0.05) is 13.4 Å². The number of hydrogen-bond acceptors (Lipinski definition) is 7. The topological polar surface area (TPSA) is 94.3 Å². The van der Waals surface area contributed by atoms with Gasteiger partial charge in [0.05, 0.1) is 12.6 Å². The Labute approximate surface area is 112 Å². The Balaban J connectivity index is 2.96. The van der Waals surface area contributed by atoms with Crippen molar-refractivity contribution in [1.82, 2.24) is 4.37 Å². The summed E-state index contributed by atoms with van der Waals surface area (Å²) in [7, 11) is -1.76. The first-order chi connectivity index (χ1) is 8.40. The summed E-state index contributed by atoms with van der Waals surface area (Å²) in [6.45, 7) is 2.57. The largest absolute Gasteiger partial charge is 0.383 e. The smallest absolute Gasteiger partial charge is 0.182 e. The van der Waals surface area contributed by atoms with Crippen LogP contribution in [-0.2, 0) is 14.6 Å². The Morgan fingerprint density at radius 2 is 2.22 bits per heavy atom. The number of nitrogens with one attached hydrogen (secondary N) is 1. The Morgan fingerprint density at radius 1 is 1.56 bits per heavy atom. The number of anilines is 2. The molecule has 0 aromatic carbocycles. The zero-order chi connectivity index (χ0) is 13.8. The molecule has 0 bridgehead atoms. The van der Waals surface area contributed by atoms with E-state index >= 15 is 0 Å². The van der Waals surface area contributed by atoms with Gasteiger partial charge in [-0.3, -0.25) is 0 Å². The van der Waals surface area contributed by atoms with Gasteiger partial charge in [-0.2, -0.15) is 4.37 Å². The molecule has 1 aromatic rings. The molecule has 0 radical (unpaired) electrons. The van der Waals surface area contributed by atoms with Crippen LogP contribution >= 0.6 is 11.5 Å². The van der Waals surface area contributed by atoms with E-state index in [1.165, 1.54) is 0 Å². The lowest BCUT2D eigenvalue weighted by molar-refractivity contribution is 0.182. The molecule has 1 atom stereocenters. The lowest BCUT2D eigenvalue weighted by atomic mass is 10.2. The average molecular weight is 293 g/mol. The van der Waals surface area contributed by atoms with Crippen molar-refractivity contribution in [1.29, 1.82) is 0 Å². The lowest BCUT2D eigenvalue weighted by Crippen LogP contribution is -2.25. The standard InChI is InChI=1S/C10H19N3O3S2/c1-4-5-7(6-16-2)12-10-8(18(3,14)15)9(11)13-17-10/h7,12H,4-6H2,1-3H3,(H2,11,13). The summed E-state index contributed by atoms with van der Waals surface area (Å²) in [4.78, 5) is 0.0877. The van der Waals surface area contributed by atoms with Gasteiger partial charge in [-0.05, 0) is 18.0 Å². The maximum absolute atomic E-state index is 11.6. The highest BCUT2D eigenvalue weighted by Crippen LogP contribution is 2.32. The van der Waals surface area contributed by atoms with Gasteiger partial charge in [0.1, 0.15) is 9.90 Å². The fourth-order valence-corrected chi connectivity index (χ4v) is 3.81. The van der Waals surface area contributed by atoms with Crippen LogP contribution in [0.25, 0.3) is 0 Å². The van der Waals surface area contributed by atoms with Gasteiger partial charge >= 0.3 is 0 Å². The van der Waals surface area contributed by atoms with E-state index in [0.29, 0.717) is 11.6 Å². The number of nitrogens with zero attached hydrogens (tertiary/aromatic N) is 1. The summed E-state index contributed by atoms with van der Waals surface area (Å²) in [6.07, 6.45) is 2.99. The minimum atomic E-state index is -3.38. The van der Waals surface area contributed by atoms with Gasteiger partial charge in [-0.15, -0.1) is 0 Å². The van der Waals surface area contributed by atoms with Crippen LogP contribution < -0.4 is 11.1 Å². The summed E-state index contributed by atoms with van der Waals surface area (Å²) in [5.41, 5.74) is 5.60. The molecule has 1 aromatic heterocycles. The number of nitrogens with two attached hydrogens (primary N) is 1. The summed E-state index contributed by atoms with van der Waals surface area (Å²) in [5.74, 6) is 0.0534. The van der Waals surface area contributed by atoms with E-state index in [1.807, 2.05) is 0 Å². The molecule has 3 N–H and O–H groups in total. The Hall–Kier alpha value is -0.860. The van der Waals surface area contributed by atoms with Gasteiger partial charge in [-0.1, -0.05) is 13.3 Å². The number of rotatable bonds is 7. The number of hydrogen-bond donors (Lipinski definition) is 2. The molecule has 0 spiro atoms. The first-order valence-corrected chi connectivity index (χ1v) is 8.27. The van der Waals surface area contributed by atoms with E-state index in [1.54, 1.807) is 7.11 Å². The third-order valence-electron chi connectivity index (χ3n) is 2.39. The highest BCUT2D eigenvalue weighted by Gasteiger charge is 2.22. The van der Waals surface area contributed by atoms with Crippen LogP contribution in [0.2, 0.25) is 0 Å². The van der Waals surface area contributed by atoms with Crippen molar-refractivity contribution in [2.24, 2.45) is 0 Å². The number of sulfone groups is 1. The molecule has 18 heavy (non-hydrogen) atoms. The second kappa shape index (κ2) is 6.35. The van der Waals surface area contributed by atoms with Crippen molar-refractivity contribution in [3.63, 3.8) is 0 Å². The normalized spacial score (nSPS) is 13.5. The Kier molecular flexibility index (Phi) is 5.36. The molecular formula is C10H19N3O3S2. The summed E-state index contributed by atoms with van der Waals surface area (Å²) in [6, 6.07) is 0.0559. The van der Waals surface area contributed by atoms with Gasteiger partial charge < -0.3 is 15.8 Å². The van der Waals surface area contributed by atoms with Crippen LogP contribution in [0.4, 0.5) is 10.8 Å². The summed E-state index contributed by atoms with van der Waals surface area (Å²) in [5, 5.41) is 3.64. The van der Waals surface area contributed by atoms with E-state index in [9.17, 15) is 8.42 Å². The van der Waals surface area contributed by atoms with Crippen molar-refractivity contribution in [2.75, 3.05) is 31.0 Å². The molecule has 1 rings (SSSR count). The predicted molar refractivity (Wildman–Crippen MR) is 73.8 cm³/mol. The molecule has 0 aliphatic carbocycles. The SMILES string of the molecule is CCCC(COC)Nc1snc(N)c1S(C)(=O)=O.